The fourth-order valence-electron chi connectivity index (χ4n) is 3.42. The standard InChI is InChI=1S/C23H31N3O5/c1-14(2)17(27)12-13-26-21(30)15-8-7-9-16(20(15)24-22(26)31)23(3,4)18(28)10-11-19(29)25(5)6/h7-9,14H,10-13H2,1-6H3,(H,24,31). The molecule has 8 heteroatoms. The van der Waals surface area contributed by atoms with Gasteiger partial charge in [0.05, 0.1) is 16.3 Å². The molecule has 0 bridgehead atoms. The number of rotatable bonds is 9. The second kappa shape index (κ2) is 9.41. The SMILES string of the molecule is CC(C)C(=O)CCn1c(=O)[nH]c2c(C(C)(C)C(=O)CCC(=O)N(C)C)cccc2c1=O. The molecule has 168 valence electrons. The number of carbonyl (C=O) groups excluding carboxylic acids is 3. The van der Waals surface area contributed by atoms with Crippen molar-refractivity contribution in [3.8, 4) is 0 Å². The molecule has 0 aliphatic rings. The highest BCUT2D eigenvalue weighted by molar-refractivity contribution is 5.96. The van der Waals surface area contributed by atoms with Gasteiger partial charge in [-0.2, -0.15) is 0 Å². The van der Waals surface area contributed by atoms with E-state index in [0.29, 0.717) is 11.1 Å². The van der Waals surface area contributed by atoms with Crippen molar-refractivity contribution in [2.75, 3.05) is 14.1 Å². The second-order valence-electron chi connectivity index (χ2n) is 8.82. The van der Waals surface area contributed by atoms with Crippen LogP contribution < -0.4 is 11.2 Å². The van der Waals surface area contributed by atoms with Gasteiger partial charge in [0.15, 0.2) is 0 Å². The van der Waals surface area contributed by atoms with Crippen molar-refractivity contribution in [3.63, 3.8) is 0 Å². The summed E-state index contributed by atoms with van der Waals surface area (Å²) in [5.74, 6) is -0.510. The van der Waals surface area contributed by atoms with E-state index >= 15 is 0 Å². The van der Waals surface area contributed by atoms with Crippen LogP contribution in [0.2, 0.25) is 0 Å². The van der Waals surface area contributed by atoms with E-state index in [1.54, 1.807) is 60.0 Å². The normalized spacial score (nSPS) is 11.7. The summed E-state index contributed by atoms with van der Waals surface area (Å²) in [5.41, 5.74) is -1.30. The number of para-hydroxylation sites is 1. The molecule has 0 aliphatic heterocycles. The highest BCUT2D eigenvalue weighted by atomic mass is 16.2. The van der Waals surface area contributed by atoms with Gasteiger partial charge in [-0.05, 0) is 25.5 Å². The van der Waals surface area contributed by atoms with Gasteiger partial charge in [-0.1, -0.05) is 26.0 Å². The first-order chi connectivity index (χ1) is 14.4. The molecule has 1 heterocycles. The Balaban J connectivity index is 2.45. The summed E-state index contributed by atoms with van der Waals surface area (Å²) in [7, 11) is 3.26. The number of fused-ring (bicyclic) bond motifs is 1. The zero-order valence-electron chi connectivity index (χ0n) is 19.1. The maximum Gasteiger partial charge on any atom is 0.328 e. The van der Waals surface area contributed by atoms with E-state index < -0.39 is 16.7 Å². The molecule has 0 fully saturated rings. The Morgan fingerprint density at radius 3 is 2.29 bits per heavy atom. The number of amides is 1. The maximum absolute atomic E-state index is 13.0. The van der Waals surface area contributed by atoms with Gasteiger partial charge in [-0.3, -0.25) is 23.7 Å². The Morgan fingerprint density at radius 1 is 1.06 bits per heavy atom. The summed E-state index contributed by atoms with van der Waals surface area (Å²) >= 11 is 0. The molecule has 1 aromatic heterocycles. The lowest BCUT2D eigenvalue weighted by atomic mass is 9.78. The summed E-state index contributed by atoms with van der Waals surface area (Å²) in [6.45, 7) is 6.98. The lowest BCUT2D eigenvalue weighted by Crippen LogP contribution is -2.37. The number of carbonyl (C=O) groups is 3. The minimum Gasteiger partial charge on any atom is -0.349 e. The zero-order valence-corrected chi connectivity index (χ0v) is 19.1. The number of nitrogens with zero attached hydrogens (tertiary/aromatic N) is 2. The number of aromatic nitrogens is 2. The lowest BCUT2D eigenvalue weighted by Gasteiger charge is -2.25. The second-order valence-corrected chi connectivity index (χ2v) is 8.82. The number of aromatic amines is 1. The van der Waals surface area contributed by atoms with Gasteiger partial charge >= 0.3 is 5.69 Å². The number of Topliss-reactive ketones (excluding diaryl/α,β-unsaturated/α-hetero) is 2. The van der Waals surface area contributed by atoms with Crippen LogP contribution in [0.15, 0.2) is 27.8 Å². The summed E-state index contributed by atoms with van der Waals surface area (Å²) < 4.78 is 1.02. The van der Waals surface area contributed by atoms with E-state index in [-0.39, 0.29) is 54.6 Å². The molecule has 0 unspecified atom stereocenters. The first-order valence-electron chi connectivity index (χ1n) is 10.4. The number of hydrogen-bond donors (Lipinski definition) is 1. The van der Waals surface area contributed by atoms with Crippen molar-refractivity contribution in [3.05, 3.63) is 44.6 Å². The average molecular weight is 430 g/mol. The molecule has 31 heavy (non-hydrogen) atoms. The summed E-state index contributed by atoms with van der Waals surface area (Å²) in [6.07, 6.45) is 0.238. The molecular formula is C23H31N3O5. The van der Waals surface area contributed by atoms with Gasteiger partial charge in [-0.25, -0.2) is 4.79 Å². The van der Waals surface area contributed by atoms with E-state index in [0.717, 1.165) is 4.57 Å². The van der Waals surface area contributed by atoms with E-state index in [4.69, 9.17) is 0 Å². The van der Waals surface area contributed by atoms with Gasteiger partial charge in [-0.15, -0.1) is 0 Å². The minimum absolute atomic E-state index is 0.000316. The van der Waals surface area contributed by atoms with Gasteiger partial charge in [0.1, 0.15) is 11.6 Å². The Morgan fingerprint density at radius 2 is 1.71 bits per heavy atom. The molecule has 2 rings (SSSR count). The van der Waals surface area contributed by atoms with Crippen LogP contribution in [-0.2, 0) is 26.3 Å². The zero-order chi connectivity index (χ0) is 23.5. The average Bonchev–Trinajstić information content (AvgIpc) is 2.70. The number of H-pyrrole nitrogens is 1. The van der Waals surface area contributed by atoms with Gasteiger partial charge in [0, 0.05) is 45.8 Å². The smallest absolute Gasteiger partial charge is 0.328 e. The Kier molecular flexibility index (Phi) is 7.36. The van der Waals surface area contributed by atoms with E-state index in [1.807, 2.05) is 0 Å². The van der Waals surface area contributed by atoms with Crippen LogP contribution in [0, 0.1) is 5.92 Å². The monoisotopic (exact) mass is 429 g/mol. The highest BCUT2D eigenvalue weighted by Gasteiger charge is 2.32. The number of nitrogens with one attached hydrogen (secondary N) is 1. The predicted octanol–water partition coefficient (Wildman–Crippen LogP) is 2.02. The third-order valence-electron chi connectivity index (χ3n) is 5.68. The number of benzene rings is 1. The molecule has 1 amide bonds. The van der Waals surface area contributed by atoms with Crippen LogP contribution in [0.4, 0.5) is 0 Å². The maximum atomic E-state index is 13.0. The molecule has 0 saturated carbocycles. The molecule has 0 radical (unpaired) electrons. The van der Waals surface area contributed by atoms with E-state index in [9.17, 15) is 24.0 Å². The molecule has 2 aromatic rings. The van der Waals surface area contributed by atoms with Crippen molar-refractivity contribution >= 4 is 28.4 Å². The first kappa shape index (κ1) is 24.2. The molecule has 1 aromatic carbocycles. The molecule has 0 aliphatic carbocycles. The molecule has 0 atom stereocenters. The largest absolute Gasteiger partial charge is 0.349 e. The fourth-order valence-corrected chi connectivity index (χ4v) is 3.42. The van der Waals surface area contributed by atoms with Crippen molar-refractivity contribution in [1.29, 1.82) is 0 Å². The first-order valence-corrected chi connectivity index (χ1v) is 10.4. The van der Waals surface area contributed by atoms with Crippen molar-refractivity contribution in [2.45, 2.75) is 58.9 Å². The van der Waals surface area contributed by atoms with Crippen LogP contribution >= 0.6 is 0 Å². The molecule has 1 N–H and O–H groups in total. The molecule has 8 nitrogen and oxygen atoms in total. The summed E-state index contributed by atoms with van der Waals surface area (Å²) in [5, 5.41) is 0.277. The van der Waals surface area contributed by atoms with Crippen LogP contribution in [0.1, 0.15) is 52.5 Å². The van der Waals surface area contributed by atoms with Crippen LogP contribution in [0.5, 0.6) is 0 Å². The summed E-state index contributed by atoms with van der Waals surface area (Å²) in [4.78, 5) is 66.5. The van der Waals surface area contributed by atoms with Crippen LogP contribution in [0.25, 0.3) is 10.9 Å². The predicted molar refractivity (Wildman–Crippen MR) is 119 cm³/mol. The lowest BCUT2D eigenvalue weighted by molar-refractivity contribution is -0.132. The van der Waals surface area contributed by atoms with Crippen molar-refractivity contribution in [2.24, 2.45) is 5.92 Å². The van der Waals surface area contributed by atoms with E-state index in [2.05, 4.69) is 4.98 Å². The quantitative estimate of drug-likeness (QED) is 0.656. The van der Waals surface area contributed by atoms with Crippen molar-refractivity contribution in [1.82, 2.24) is 14.5 Å². The highest BCUT2D eigenvalue weighted by Crippen LogP contribution is 2.30. The Labute approximate surface area is 181 Å². The minimum atomic E-state index is -1.01. The topological polar surface area (TPSA) is 109 Å². The Bertz CT molecular complexity index is 1120. The number of ketones is 2. The summed E-state index contributed by atoms with van der Waals surface area (Å²) in [6, 6.07) is 4.96. The molecule has 0 spiro atoms. The number of hydrogen-bond acceptors (Lipinski definition) is 5. The Hall–Kier alpha value is -3.03. The third kappa shape index (κ3) is 5.18. The molecule has 0 saturated heterocycles. The van der Waals surface area contributed by atoms with Gasteiger partial charge < -0.3 is 9.88 Å². The van der Waals surface area contributed by atoms with E-state index in [1.165, 1.54) is 4.90 Å². The third-order valence-corrected chi connectivity index (χ3v) is 5.68. The van der Waals surface area contributed by atoms with Crippen LogP contribution in [-0.4, -0.2) is 46.0 Å². The van der Waals surface area contributed by atoms with Crippen LogP contribution in [0.3, 0.4) is 0 Å². The fraction of sp³-hybridized carbons (Fsp3) is 0.522. The molecular weight excluding hydrogens is 398 g/mol. The van der Waals surface area contributed by atoms with Crippen molar-refractivity contribution < 1.29 is 14.4 Å². The van der Waals surface area contributed by atoms with Gasteiger partial charge in [0.2, 0.25) is 5.91 Å². The van der Waals surface area contributed by atoms with Gasteiger partial charge in [0.25, 0.3) is 5.56 Å².